The van der Waals surface area contributed by atoms with Crippen molar-refractivity contribution in [1.29, 1.82) is 0 Å². The molecule has 0 aromatic carbocycles. The highest BCUT2D eigenvalue weighted by atomic mass is 32.1. The third-order valence-corrected chi connectivity index (χ3v) is 3.89. The fourth-order valence-corrected chi connectivity index (χ4v) is 2.97. The minimum absolute atomic E-state index is 0.0840. The van der Waals surface area contributed by atoms with Crippen LogP contribution >= 0.6 is 11.3 Å². The largest absolute Gasteiger partial charge is 0.351 e. The van der Waals surface area contributed by atoms with Crippen molar-refractivity contribution in [2.75, 3.05) is 6.54 Å². The minimum Gasteiger partial charge on any atom is -0.351 e. The summed E-state index contributed by atoms with van der Waals surface area (Å²) in [6.45, 7) is 9.29. The van der Waals surface area contributed by atoms with Crippen molar-refractivity contribution in [3.8, 4) is 0 Å². The molecule has 0 bridgehead atoms. The first kappa shape index (κ1) is 14.2. The molecular weight excluding hydrogens is 230 g/mol. The van der Waals surface area contributed by atoms with Crippen LogP contribution in [0.25, 0.3) is 0 Å². The molecule has 2 nitrogen and oxygen atoms in total. The number of rotatable bonds is 6. The Morgan fingerprint density at radius 2 is 2.12 bits per heavy atom. The van der Waals surface area contributed by atoms with Crippen LogP contribution in [0.4, 0.5) is 0 Å². The van der Waals surface area contributed by atoms with Crippen LogP contribution in [0, 0.1) is 5.92 Å². The number of aryl methyl sites for hydroxylation is 2. The van der Waals surface area contributed by atoms with Crippen LogP contribution < -0.4 is 5.32 Å². The Morgan fingerprint density at radius 1 is 1.41 bits per heavy atom. The normalized spacial score (nSPS) is 10.9. The maximum absolute atomic E-state index is 11.9. The number of hydrogen-bond acceptors (Lipinski definition) is 2. The van der Waals surface area contributed by atoms with Crippen molar-refractivity contribution in [2.45, 2.75) is 47.0 Å². The highest BCUT2D eigenvalue weighted by molar-refractivity contribution is 7.14. The number of hydrogen-bond donors (Lipinski definition) is 1. The second-order valence-corrected chi connectivity index (χ2v) is 5.90. The van der Waals surface area contributed by atoms with Crippen molar-refractivity contribution < 1.29 is 4.79 Å². The summed E-state index contributed by atoms with van der Waals surface area (Å²) in [7, 11) is 0. The number of nitrogens with one attached hydrogen (secondary N) is 1. The number of carbonyl (C=O) groups is 1. The minimum atomic E-state index is 0.0840. The summed E-state index contributed by atoms with van der Waals surface area (Å²) in [6, 6.07) is 2.06. The smallest absolute Gasteiger partial charge is 0.261 e. The molecule has 0 saturated heterocycles. The third kappa shape index (κ3) is 4.15. The zero-order valence-electron chi connectivity index (χ0n) is 11.3. The van der Waals surface area contributed by atoms with E-state index in [1.54, 1.807) is 11.3 Å². The van der Waals surface area contributed by atoms with E-state index in [2.05, 4.69) is 39.1 Å². The van der Waals surface area contributed by atoms with Crippen LogP contribution in [-0.2, 0) is 12.8 Å². The molecule has 0 atom stereocenters. The molecule has 0 radical (unpaired) electrons. The Kier molecular flexibility index (Phi) is 5.69. The molecule has 0 aliphatic rings. The molecule has 0 fully saturated rings. The van der Waals surface area contributed by atoms with E-state index in [0.717, 1.165) is 30.7 Å². The van der Waals surface area contributed by atoms with Crippen molar-refractivity contribution >= 4 is 17.2 Å². The van der Waals surface area contributed by atoms with Gasteiger partial charge in [0.05, 0.1) is 4.88 Å². The van der Waals surface area contributed by atoms with Crippen LogP contribution in [0.3, 0.4) is 0 Å². The van der Waals surface area contributed by atoms with Gasteiger partial charge in [-0.15, -0.1) is 11.3 Å². The molecule has 96 valence electrons. The zero-order valence-corrected chi connectivity index (χ0v) is 12.1. The molecule has 1 rings (SSSR count). The van der Waals surface area contributed by atoms with Gasteiger partial charge in [0.1, 0.15) is 0 Å². The summed E-state index contributed by atoms with van der Waals surface area (Å²) in [5.74, 6) is 0.584. The summed E-state index contributed by atoms with van der Waals surface area (Å²) in [4.78, 5) is 14.2. The third-order valence-electron chi connectivity index (χ3n) is 2.65. The van der Waals surface area contributed by atoms with Gasteiger partial charge in [-0.1, -0.05) is 34.1 Å². The van der Waals surface area contributed by atoms with Gasteiger partial charge >= 0.3 is 0 Å². The van der Waals surface area contributed by atoms with E-state index in [1.165, 1.54) is 10.4 Å². The van der Waals surface area contributed by atoms with E-state index in [-0.39, 0.29) is 5.91 Å². The van der Waals surface area contributed by atoms with E-state index in [9.17, 15) is 4.79 Å². The zero-order chi connectivity index (χ0) is 12.8. The lowest BCUT2D eigenvalue weighted by Crippen LogP contribution is -2.26. The monoisotopic (exact) mass is 253 g/mol. The van der Waals surface area contributed by atoms with Crippen LogP contribution in [-0.4, -0.2) is 12.5 Å². The first-order chi connectivity index (χ1) is 8.08. The standard InChI is InChI=1S/C14H23NOS/c1-5-7-12-11(6-2)8-13(17-12)14(16)15-9-10(3)4/h8,10H,5-7,9H2,1-4H3,(H,15,16). The van der Waals surface area contributed by atoms with Crippen LogP contribution in [0.1, 0.15) is 54.2 Å². The van der Waals surface area contributed by atoms with Crippen molar-refractivity contribution in [3.63, 3.8) is 0 Å². The second-order valence-electron chi connectivity index (χ2n) is 4.77. The highest BCUT2D eigenvalue weighted by Gasteiger charge is 2.13. The number of carbonyl (C=O) groups excluding carboxylic acids is 1. The van der Waals surface area contributed by atoms with Gasteiger partial charge in [0.15, 0.2) is 0 Å². The van der Waals surface area contributed by atoms with Crippen molar-refractivity contribution in [3.05, 3.63) is 21.4 Å². The molecule has 0 aliphatic heterocycles. The fraction of sp³-hybridized carbons (Fsp3) is 0.643. The van der Waals surface area contributed by atoms with Gasteiger partial charge in [-0.3, -0.25) is 4.79 Å². The molecule has 0 spiro atoms. The fourth-order valence-electron chi connectivity index (χ4n) is 1.70. The van der Waals surface area contributed by atoms with E-state index < -0.39 is 0 Å². The highest BCUT2D eigenvalue weighted by Crippen LogP contribution is 2.24. The Bertz CT molecular complexity index is 368. The topological polar surface area (TPSA) is 29.1 Å². The van der Waals surface area contributed by atoms with Crippen LogP contribution in [0.5, 0.6) is 0 Å². The molecule has 0 unspecified atom stereocenters. The maximum Gasteiger partial charge on any atom is 0.261 e. The molecule has 17 heavy (non-hydrogen) atoms. The van der Waals surface area contributed by atoms with Gasteiger partial charge in [-0.05, 0) is 30.4 Å². The van der Waals surface area contributed by atoms with Gasteiger partial charge in [-0.2, -0.15) is 0 Å². The second kappa shape index (κ2) is 6.80. The first-order valence-corrected chi connectivity index (χ1v) is 7.29. The van der Waals surface area contributed by atoms with Gasteiger partial charge in [0.2, 0.25) is 0 Å². The van der Waals surface area contributed by atoms with Gasteiger partial charge in [-0.25, -0.2) is 0 Å². The lowest BCUT2D eigenvalue weighted by molar-refractivity contribution is 0.0953. The quantitative estimate of drug-likeness (QED) is 0.824. The van der Waals surface area contributed by atoms with Gasteiger partial charge in [0, 0.05) is 11.4 Å². The Balaban J connectivity index is 2.73. The number of amides is 1. The van der Waals surface area contributed by atoms with Gasteiger partial charge < -0.3 is 5.32 Å². The Labute approximate surface area is 108 Å². The van der Waals surface area contributed by atoms with Crippen molar-refractivity contribution in [1.82, 2.24) is 5.32 Å². The summed E-state index contributed by atoms with van der Waals surface area (Å²) in [5, 5.41) is 2.98. The Morgan fingerprint density at radius 3 is 2.65 bits per heavy atom. The summed E-state index contributed by atoms with van der Waals surface area (Å²) >= 11 is 1.66. The molecule has 1 aromatic heterocycles. The molecule has 1 aromatic rings. The molecule has 1 amide bonds. The summed E-state index contributed by atoms with van der Waals surface area (Å²) in [6.07, 6.45) is 3.25. The predicted molar refractivity (Wildman–Crippen MR) is 74.9 cm³/mol. The summed E-state index contributed by atoms with van der Waals surface area (Å²) in [5.41, 5.74) is 1.34. The molecule has 0 aliphatic carbocycles. The summed E-state index contributed by atoms with van der Waals surface area (Å²) < 4.78 is 0. The SMILES string of the molecule is CCCc1sc(C(=O)NCC(C)C)cc1CC. The molecule has 3 heteroatoms. The molecule has 1 heterocycles. The number of thiophene rings is 1. The average Bonchev–Trinajstić information content (AvgIpc) is 2.69. The van der Waals surface area contributed by atoms with Crippen molar-refractivity contribution in [2.24, 2.45) is 5.92 Å². The van der Waals surface area contributed by atoms with E-state index in [4.69, 9.17) is 0 Å². The molecule has 0 saturated carbocycles. The average molecular weight is 253 g/mol. The molecule has 1 N–H and O–H groups in total. The van der Waals surface area contributed by atoms with E-state index in [1.807, 2.05) is 0 Å². The first-order valence-electron chi connectivity index (χ1n) is 6.48. The lowest BCUT2D eigenvalue weighted by Gasteiger charge is -2.05. The van der Waals surface area contributed by atoms with Gasteiger partial charge in [0.25, 0.3) is 5.91 Å². The van der Waals surface area contributed by atoms with E-state index in [0.29, 0.717) is 5.92 Å². The maximum atomic E-state index is 11.9. The lowest BCUT2D eigenvalue weighted by atomic mass is 10.1. The molecular formula is C14H23NOS. The van der Waals surface area contributed by atoms with E-state index >= 15 is 0 Å². The predicted octanol–water partition coefficient (Wildman–Crippen LogP) is 3.65. The van der Waals surface area contributed by atoms with Crippen LogP contribution in [0.15, 0.2) is 6.07 Å². The van der Waals surface area contributed by atoms with Crippen LogP contribution in [0.2, 0.25) is 0 Å². The Hall–Kier alpha value is -0.830.